The topological polar surface area (TPSA) is 66.0 Å². The van der Waals surface area contributed by atoms with Crippen molar-refractivity contribution in [1.29, 1.82) is 0 Å². The van der Waals surface area contributed by atoms with Crippen molar-refractivity contribution >= 4 is 11.9 Å². The molecule has 1 aliphatic heterocycles. The number of ether oxygens (including phenoxy) is 1. The van der Waals surface area contributed by atoms with Gasteiger partial charge in [0, 0.05) is 32.7 Å². The Morgan fingerprint density at radius 2 is 1.96 bits per heavy atom. The maximum atomic E-state index is 13.0. The molecule has 138 valence electrons. The van der Waals surface area contributed by atoms with Gasteiger partial charge in [0.05, 0.1) is 19.1 Å². The number of guanidine groups is 1. The number of benzene rings is 1. The number of nitrogens with zero attached hydrogens (tertiary/aromatic N) is 2. The quantitative estimate of drug-likeness (QED) is 0.606. The van der Waals surface area contributed by atoms with Crippen molar-refractivity contribution in [2.24, 2.45) is 4.99 Å². The predicted molar refractivity (Wildman–Crippen MR) is 101 cm³/mol. The summed E-state index contributed by atoms with van der Waals surface area (Å²) in [5, 5.41) is 6.65. The van der Waals surface area contributed by atoms with Gasteiger partial charge in [-0.3, -0.25) is 9.79 Å². The molecule has 2 rings (SSSR count). The highest BCUT2D eigenvalue weighted by molar-refractivity contribution is 5.86. The average Bonchev–Trinajstić information content (AvgIpc) is 2.68. The molecule has 0 aromatic heterocycles. The molecular weight excluding hydrogens is 316 g/mol. The third-order valence-corrected chi connectivity index (χ3v) is 4.52. The van der Waals surface area contributed by atoms with E-state index in [1.54, 1.807) is 7.05 Å². The Balaban J connectivity index is 2.08. The van der Waals surface area contributed by atoms with Crippen LogP contribution in [0, 0.1) is 0 Å². The van der Waals surface area contributed by atoms with E-state index in [1.165, 1.54) is 0 Å². The number of carbonyl (C=O) groups is 1. The Kier molecular flexibility index (Phi) is 7.73. The van der Waals surface area contributed by atoms with Crippen molar-refractivity contribution in [3.8, 4) is 0 Å². The van der Waals surface area contributed by atoms with Crippen LogP contribution in [0.5, 0.6) is 0 Å². The van der Waals surface area contributed by atoms with Crippen molar-refractivity contribution in [3.63, 3.8) is 0 Å². The number of hydrogen-bond acceptors (Lipinski definition) is 3. The lowest BCUT2D eigenvalue weighted by Gasteiger charge is -2.31. The molecule has 1 aromatic carbocycles. The van der Waals surface area contributed by atoms with E-state index in [0.29, 0.717) is 38.9 Å². The minimum absolute atomic E-state index is 0.140. The largest absolute Gasteiger partial charge is 0.378 e. The molecule has 6 heteroatoms. The van der Waals surface area contributed by atoms with Gasteiger partial charge in [-0.15, -0.1) is 0 Å². The van der Waals surface area contributed by atoms with Gasteiger partial charge in [0.1, 0.15) is 0 Å². The Bertz CT molecular complexity index is 556. The molecule has 25 heavy (non-hydrogen) atoms. The van der Waals surface area contributed by atoms with Crippen LogP contribution in [-0.2, 0) is 9.53 Å². The summed E-state index contributed by atoms with van der Waals surface area (Å²) in [5.74, 6) is 0.626. The third kappa shape index (κ3) is 5.74. The van der Waals surface area contributed by atoms with Crippen molar-refractivity contribution in [3.05, 3.63) is 35.9 Å². The Morgan fingerprint density at radius 3 is 2.56 bits per heavy atom. The maximum absolute atomic E-state index is 13.0. The molecular formula is C19H30N4O2. The van der Waals surface area contributed by atoms with Crippen molar-refractivity contribution < 1.29 is 9.53 Å². The predicted octanol–water partition coefficient (Wildman–Crippen LogP) is 1.59. The second kappa shape index (κ2) is 10.0. The third-order valence-electron chi connectivity index (χ3n) is 4.52. The molecule has 0 spiro atoms. The van der Waals surface area contributed by atoms with Crippen molar-refractivity contribution in [1.82, 2.24) is 15.5 Å². The molecule has 1 fully saturated rings. The normalized spacial score (nSPS) is 17.7. The van der Waals surface area contributed by atoms with E-state index in [1.807, 2.05) is 35.2 Å². The molecule has 6 nitrogen and oxygen atoms in total. The first-order valence-corrected chi connectivity index (χ1v) is 9.04. The smallest absolute Gasteiger partial charge is 0.232 e. The monoisotopic (exact) mass is 346 g/mol. The molecule has 0 saturated carbocycles. The number of aliphatic imine (C=N–C) groups is 1. The van der Waals surface area contributed by atoms with Gasteiger partial charge < -0.3 is 20.3 Å². The second-order valence-corrected chi connectivity index (χ2v) is 6.31. The minimum Gasteiger partial charge on any atom is -0.378 e. The molecule has 1 saturated heterocycles. The fraction of sp³-hybridized carbons (Fsp3) is 0.579. The van der Waals surface area contributed by atoms with Crippen molar-refractivity contribution in [2.45, 2.75) is 32.2 Å². The molecule has 2 N–H and O–H groups in total. The van der Waals surface area contributed by atoms with Crippen molar-refractivity contribution in [2.75, 3.05) is 39.9 Å². The van der Waals surface area contributed by atoms with E-state index in [9.17, 15) is 4.79 Å². The highest BCUT2D eigenvalue weighted by Gasteiger charge is 2.27. The summed E-state index contributed by atoms with van der Waals surface area (Å²) in [7, 11) is 1.75. The van der Waals surface area contributed by atoms with Gasteiger partial charge in [0.15, 0.2) is 5.96 Å². The SMILES string of the molecule is CCC(C)NC(=NC)NCC(C(=O)N1CCOCC1)c1ccccc1. The summed E-state index contributed by atoms with van der Waals surface area (Å²) in [5.41, 5.74) is 1.02. The first-order chi connectivity index (χ1) is 12.2. The lowest BCUT2D eigenvalue weighted by atomic mass is 9.97. The van der Waals surface area contributed by atoms with Crippen LogP contribution in [0.15, 0.2) is 35.3 Å². The van der Waals surface area contributed by atoms with E-state index in [4.69, 9.17) is 4.74 Å². The van der Waals surface area contributed by atoms with Crippen LogP contribution in [0.4, 0.5) is 0 Å². The summed E-state index contributed by atoms with van der Waals surface area (Å²) < 4.78 is 5.37. The maximum Gasteiger partial charge on any atom is 0.232 e. The molecule has 1 aliphatic rings. The van der Waals surface area contributed by atoms with Gasteiger partial charge in [-0.25, -0.2) is 0 Å². The second-order valence-electron chi connectivity index (χ2n) is 6.31. The van der Waals surface area contributed by atoms with E-state index in [-0.39, 0.29) is 11.8 Å². The number of amides is 1. The van der Waals surface area contributed by atoms with Crippen LogP contribution in [0.25, 0.3) is 0 Å². The average molecular weight is 346 g/mol. The lowest BCUT2D eigenvalue weighted by molar-refractivity contribution is -0.136. The van der Waals surface area contributed by atoms with Crippen LogP contribution >= 0.6 is 0 Å². The highest BCUT2D eigenvalue weighted by Crippen LogP contribution is 2.18. The summed E-state index contributed by atoms with van der Waals surface area (Å²) in [6.07, 6.45) is 1.01. The van der Waals surface area contributed by atoms with Crippen LogP contribution in [0.3, 0.4) is 0 Å². The van der Waals surface area contributed by atoms with Gasteiger partial charge in [-0.2, -0.15) is 0 Å². The molecule has 0 radical (unpaired) electrons. The lowest BCUT2D eigenvalue weighted by Crippen LogP contribution is -2.48. The first-order valence-electron chi connectivity index (χ1n) is 9.04. The molecule has 1 heterocycles. The Morgan fingerprint density at radius 1 is 1.28 bits per heavy atom. The number of nitrogens with one attached hydrogen (secondary N) is 2. The summed E-state index contributed by atoms with van der Waals surface area (Å²) >= 11 is 0. The number of morpholine rings is 1. The Hall–Kier alpha value is -2.08. The van der Waals surface area contributed by atoms with E-state index in [2.05, 4.69) is 29.5 Å². The summed E-state index contributed by atoms with van der Waals surface area (Å²) in [6.45, 7) is 7.27. The molecule has 2 atom stereocenters. The first kappa shape index (κ1) is 19.2. The molecule has 0 aliphatic carbocycles. The van der Waals surface area contributed by atoms with Crippen LogP contribution in [0.1, 0.15) is 31.7 Å². The fourth-order valence-electron chi connectivity index (χ4n) is 2.77. The number of rotatable bonds is 6. The van der Waals surface area contributed by atoms with Gasteiger partial charge in [-0.1, -0.05) is 37.3 Å². The van der Waals surface area contributed by atoms with Crippen LogP contribution in [-0.4, -0.2) is 62.7 Å². The van der Waals surface area contributed by atoms with E-state index >= 15 is 0 Å². The minimum atomic E-state index is -0.241. The van der Waals surface area contributed by atoms with Gasteiger partial charge >= 0.3 is 0 Å². The summed E-state index contributed by atoms with van der Waals surface area (Å²) in [4.78, 5) is 19.2. The van der Waals surface area contributed by atoms with Gasteiger partial charge in [-0.05, 0) is 18.9 Å². The molecule has 0 bridgehead atoms. The highest BCUT2D eigenvalue weighted by atomic mass is 16.5. The van der Waals surface area contributed by atoms with Crippen LogP contribution in [0.2, 0.25) is 0 Å². The molecule has 2 unspecified atom stereocenters. The zero-order valence-corrected chi connectivity index (χ0v) is 15.5. The molecule has 1 amide bonds. The zero-order chi connectivity index (χ0) is 18.1. The van der Waals surface area contributed by atoms with Gasteiger partial charge in [0.2, 0.25) is 5.91 Å². The van der Waals surface area contributed by atoms with E-state index in [0.717, 1.165) is 17.9 Å². The Labute approximate surface area is 150 Å². The number of carbonyl (C=O) groups excluding carboxylic acids is 1. The standard InChI is InChI=1S/C19H30N4O2/c1-4-15(2)22-19(20-3)21-14-17(16-8-6-5-7-9-16)18(24)23-10-12-25-13-11-23/h5-9,15,17H,4,10-14H2,1-3H3,(H2,20,21,22). The van der Waals surface area contributed by atoms with Gasteiger partial charge in [0.25, 0.3) is 0 Å². The zero-order valence-electron chi connectivity index (χ0n) is 15.5. The molecule has 1 aromatic rings. The fourth-order valence-corrected chi connectivity index (χ4v) is 2.77. The summed E-state index contributed by atoms with van der Waals surface area (Å²) in [6, 6.07) is 10.3. The van der Waals surface area contributed by atoms with Crippen LogP contribution < -0.4 is 10.6 Å². The number of hydrogen-bond donors (Lipinski definition) is 2. The van der Waals surface area contributed by atoms with E-state index < -0.39 is 0 Å².